The van der Waals surface area contributed by atoms with Crippen molar-refractivity contribution in [2.24, 2.45) is 10.8 Å². The number of phosphoric ester groups is 1. The molecule has 0 radical (unpaired) electrons. The predicted octanol–water partition coefficient (Wildman–Crippen LogP) is 3.10. The molecule has 0 aromatic carbocycles. The maximum atomic E-state index is 12.2. The maximum absolute atomic E-state index is 12.2. The van der Waals surface area contributed by atoms with Crippen LogP contribution >= 0.6 is 19.6 Å². The molecule has 2 unspecified atom stereocenters. The number of aliphatic hydroxyl groups is 1. The summed E-state index contributed by atoms with van der Waals surface area (Å²) in [6, 6.07) is 0. The first kappa shape index (κ1) is 31.4. The summed E-state index contributed by atoms with van der Waals surface area (Å²) >= 11 is 1.79. The Morgan fingerprint density at radius 1 is 1.00 bits per heavy atom. The lowest BCUT2D eigenvalue weighted by molar-refractivity contribution is -0.137. The van der Waals surface area contributed by atoms with Crippen molar-refractivity contribution in [3.05, 3.63) is 0 Å². The monoisotopic (exact) mass is 498 g/mol. The first-order valence-electron chi connectivity index (χ1n) is 10.8. The molecule has 0 bridgehead atoms. The molecule has 0 aliphatic carbocycles. The first-order valence-corrected chi connectivity index (χ1v) is 13.5. The SMILES string of the molecule is CC(C)(C)CCSCCNC(=O)CCNC(=O)C(O)C(C)(C)COP(=O)(O)OC(C)(C)C. The highest BCUT2D eigenvalue weighted by Gasteiger charge is 2.38. The number of thioether (sulfide) groups is 1. The smallest absolute Gasteiger partial charge is 0.383 e. The van der Waals surface area contributed by atoms with Crippen LogP contribution < -0.4 is 10.6 Å². The van der Waals surface area contributed by atoms with Gasteiger partial charge < -0.3 is 20.6 Å². The zero-order valence-electron chi connectivity index (χ0n) is 20.8. The Bertz CT molecular complexity index is 645. The van der Waals surface area contributed by atoms with Crippen LogP contribution in [0, 0.1) is 10.8 Å². The fraction of sp³-hybridized carbons (Fsp3) is 0.905. The van der Waals surface area contributed by atoms with Gasteiger partial charge in [0.15, 0.2) is 0 Å². The van der Waals surface area contributed by atoms with Crippen LogP contribution in [-0.2, 0) is 23.2 Å². The van der Waals surface area contributed by atoms with Gasteiger partial charge in [-0.1, -0.05) is 34.6 Å². The van der Waals surface area contributed by atoms with Crippen molar-refractivity contribution in [2.45, 2.75) is 79.9 Å². The Kier molecular flexibility index (Phi) is 13.0. The summed E-state index contributed by atoms with van der Waals surface area (Å²) in [4.78, 5) is 33.9. The summed E-state index contributed by atoms with van der Waals surface area (Å²) < 4.78 is 21.9. The molecule has 9 nitrogen and oxygen atoms in total. The van der Waals surface area contributed by atoms with Crippen molar-refractivity contribution < 1.29 is 33.2 Å². The maximum Gasteiger partial charge on any atom is 0.472 e. The number of nitrogens with one attached hydrogen (secondary N) is 2. The number of hydrogen-bond acceptors (Lipinski definition) is 7. The van der Waals surface area contributed by atoms with Crippen LogP contribution in [-0.4, -0.2) is 64.7 Å². The number of amides is 2. The Morgan fingerprint density at radius 3 is 2.12 bits per heavy atom. The van der Waals surface area contributed by atoms with Gasteiger partial charge in [-0.25, -0.2) is 4.57 Å². The van der Waals surface area contributed by atoms with Crippen LogP contribution in [0.25, 0.3) is 0 Å². The standard InChI is InChI=1S/C21H43N2O7PS/c1-19(2,3)10-13-32-14-12-22-16(24)9-11-23-18(26)17(25)21(7,8)15-29-31(27,28)30-20(4,5)6/h17,25H,9-15H2,1-8H3,(H,22,24)(H,23,26)(H,27,28). The lowest BCUT2D eigenvalue weighted by Gasteiger charge is -2.31. The van der Waals surface area contributed by atoms with Crippen molar-refractivity contribution in [3.8, 4) is 0 Å². The lowest BCUT2D eigenvalue weighted by atomic mass is 9.87. The third kappa shape index (κ3) is 16.0. The van der Waals surface area contributed by atoms with Gasteiger partial charge in [0.1, 0.15) is 6.10 Å². The van der Waals surface area contributed by atoms with Crippen LogP contribution in [0.1, 0.15) is 68.2 Å². The third-order valence-corrected chi connectivity index (χ3v) is 6.41. The van der Waals surface area contributed by atoms with E-state index in [1.54, 1.807) is 32.5 Å². The number of hydrogen-bond donors (Lipinski definition) is 4. The first-order chi connectivity index (χ1) is 14.3. The minimum atomic E-state index is -4.34. The fourth-order valence-electron chi connectivity index (χ4n) is 2.28. The van der Waals surface area contributed by atoms with Crippen molar-refractivity contribution >= 4 is 31.4 Å². The van der Waals surface area contributed by atoms with Crippen molar-refractivity contribution in [3.63, 3.8) is 0 Å². The molecule has 0 saturated heterocycles. The van der Waals surface area contributed by atoms with E-state index in [-0.39, 0.29) is 25.5 Å². The Hall–Kier alpha value is -0.640. The molecule has 0 spiro atoms. The number of carbonyl (C=O) groups excluding carboxylic acids is 2. The molecule has 11 heteroatoms. The highest BCUT2D eigenvalue weighted by molar-refractivity contribution is 7.99. The van der Waals surface area contributed by atoms with Crippen LogP contribution in [0.2, 0.25) is 0 Å². The van der Waals surface area contributed by atoms with Gasteiger partial charge in [0, 0.05) is 30.7 Å². The summed E-state index contributed by atoms with van der Waals surface area (Å²) in [5.41, 5.74) is -1.75. The summed E-state index contributed by atoms with van der Waals surface area (Å²) in [7, 11) is -4.34. The third-order valence-electron chi connectivity index (χ3n) is 4.19. The van der Waals surface area contributed by atoms with Gasteiger partial charge in [-0.2, -0.15) is 11.8 Å². The molecule has 190 valence electrons. The number of aliphatic hydroxyl groups excluding tert-OH is 1. The van der Waals surface area contributed by atoms with Gasteiger partial charge >= 0.3 is 7.82 Å². The molecule has 2 atom stereocenters. The van der Waals surface area contributed by atoms with E-state index >= 15 is 0 Å². The molecule has 32 heavy (non-hydrogen) atoms. The lowest BCUT2D eigenvalue weighted by Crippen LogP contribution is -2.46. The normalized spacial score (nSPS) is 15.7. The molecular weight excluding hydrogens is 455 g/mol. The molecule has 2 amide bonds. The van der Waals surface area contributed by atoms with E-state index in [0.717, 1.165) is 17.9 Å². The molecule has 0 aromatic rings. The van der Waals surface area contributed by atoms with Gasteiger partial charge in [0.2, 0.25) is 11.8 Å². The molecule has 0 heterocycles. The molecule has 4 N–H and O–H groups in total. The topological polar surface area (TPSA) is 134 Å². The van der Waals surface area contributed by atoms with Gasteiger partial charge in [-0.05, 0) is 38.4 Å². The van der Waals surface area contributed by atoms with Crippen LogP contribution in [0.15, 0.2) is 0 Å². The van der Waals surface area contributed by atoms with E-state index in [9.17, 15) is 24.2 Å². The zero-order chi connectivity index (χ0) is 25.2. The second kappa shape index (κ2) is 13.3. The van der Waals surface area contributed by atoms with Gasteiger partial charge in [0.25, 0.3) is 0 Å². The fourth-order valence-corrected chi connectivity index (χ4v) is 4.73. The van der Waals surface area contributed by atoms with Gasteiger partial charge in [-0.15, -0.1) is 0 Å². The average Bonchev–Trinajstić information content (AvgIpc) is 2.59. The number of rotatable bonds is 14. The van der Waals surface area contributed by atoms with E-state index in [4.69, 9.17) is 9.05 Å². The molecule has 0 aliphatic rings. The summed E-state index contributed by atoms with van der Waals surface area (Å²) in [5, 5.41) is 15.6. The van der Waals surface area contributed by atoms with Gasteiger partial charge in [-0.3, -0.25) is 18.6 Å². The molecule has 0 aromatic heterocycles. The molecule has 0 fully saturated rings. The van der Waals surface area contributed by atoms with E-state index in [1.165, 1.54) is 13.8 Å². The largest absolute Gasteiger partial charge is 0.472 e. The Labute approximate surface area is 197 Å². The molecule has 0 saturated carbocycles. The van der Waals surface area contributed by atoms with Gasteiger partial charge in [0.05, 0.1) is 12.2 Å². The van der Waals surface area contributed by atoms with Crippen molar-refractivity contribution in [1.29, 1.82) is 0 Å². The van der Waals surface area contributed by atoms with E-state index in [1.807, 2.05) is 0 Å². The Balaban J connectivity index is 4.22. The van der Waals surface area contributed by atoms with Crippen molar-refractivity contribution in [1.82, 2.24) is 10.6 Å². The molecular formula is C21H43N2O7PS. The number of carbonyl (C=O) groups is 2. The second-order valence-corrected chi connectivity index (χ2v) is 13.3. The summed E-state index contributed by atoms with van der Waals surface area (Å²) in [5.74, 6) is 1.00. The average molecular weight is 499 g/mol. The molecule has 0 aliphatic heterocycles. The van der Waals surface area contributed by atoms with Crippen LogP contribution in [0.5, 0.6) is 0 Å². The van der Waals surface area contributed by atoms with Crippen LogP contribution in [0.4, 0.5) is 0 Å². The van der Waals surface area contributed by atoms with E-state index < -0.39 is 30.8 Å². The highest BCUT2D eigenvalue weighted by atomic mass is 32.2. The van der Waals surface area contributed by atoms with Crippen LogP contribution in [0.3, 0.4) is 0 Å². The second-order valence-electron chi connectivity index (χ2n) is 10.7. The minimum Gasteiger partial charge on any atom is -0.383 e. The highest BCUT2D eigenvalue weighted by Crippen LogP contribution is 2.48. The quantitative estimate of drug-likeness (QED) is 0.212. The van der Waals surface area contributed by atoms with E-state index in [2.05, 4.69) is 31.4 Å². The van der Waals surface area contributed by atoms with E-state index in [0.29, 0.717) is 12.0 Å². The zero-order valence-corrected chi connectivity index (χ0v) is 22.5. The molecule has 0 rings (SSSR count). The Morgan fingerprint density at radius 2 is 1.59 bits per heavy atom. The van der Waals surface area contributed by atoms with Crippen molar-refractivity contribution in [2.75, 3.05) is 31.2 Å². The summed E-state index contributed by atoms with van der Waals surface area (Å²) in [6.07, 6.45) is -0.298. The number of phosphoric acid groups is 1. The summed E-state index contributed by atoms with van der Waals surface area (Å²) in [6.45, 7) is 14.7. The minimum absolute atomic E-state index is 0.0709. The predicted molar refractivity (Wildman–Crippen MR) is 128 cm³/mol.